The van der Waals surface area contributed by atoms with Crippen LogP contribution in [0.25, 0.3) is 11.1 Å². The highest BCUT2D eigenvalue weighted by Gasteiger charge is 2.01. The fourth-order valence-electron chi connectivity index (χ4n) is 1.46. The van der Waals surface area contributed by atoms with Gasteiger partial charge < -0.3 is 5.11 Å². The summed E-state index contributed by atoms with van der Waals surface area (Å²) in [7, 11) is 0. The van der Waals surface area contributed by atoms with E-state index in [0.29, 0.717) is 0 Å². The Morgan fingerprint density at radius 1 is 1.14 bits per heavy atom. The maximum Gasteiger partial charge on any atom is 0.116 e. The van der Waals surface area contributed by atoms with Gasteiger partial charge in [-0.25, -0.2) is 0 Å². The first kappa shape index (κ1) is 8.75. The van der Waals surface area contributed by atoms with E-state index in [9.17, 15) is 5.11 Å². The van der Waals surface area contributed by atoms with E-state index < -0.39 is 0 Å². The summed E-state index contributed by atoms with van der Waals surface area (Å²) in [5.41, 5.74) is 3.03. The summed E-state index contributed by atoms with van der Waals surface area (Å²) in [6.07, 6.45) is 1.77. The highest BCUT2D eigenvalue weighted by atomic mass is 16.3. The molecule has 2 heteroatoms. The van der Waals surface area contributed by atoms with E-state index in [1.807, 2.05) is 31.2 Å². The molecule has 2 rings (SSSR count). The van der Waals surface area contributed by atoms with Gasteiger partial charge in [0, 0.05) is 17.5 Å². The quantitative estimate of drug-likeness (QED) is 0.741. The molecule has 14 heavy (non-hydrogen) atoms. The average molecular weight is 185 g/mol. The van der Waals surface area contributed by atoms with Crippen LogP contribution in [0.2, 0.25) is 0 Å². The molecule has 70 valence electrons. The van der Waals surface area contributed by atoms with Crippen molar-refractivity contribution >= 4 is 0 Å². The van der Waals surface area contributed by atoms with Gasteiger partial charge in [0.05, 0.1) is 0 Å². The molecule has 0 saturated heterocycles. The fraction of sp³-hybridized carbons (Fsp3) is 0.0833. The van der Waals surface area contributed by atoms with Crippen molar-refractivity contribution < 1.29 is 5.11 Å². The summed E-state index contributed by atoms with van der Waals surface area (Å²) < 4.78 is 0. The van der Waals surface area contributed by atoms with Crippen LogP contribution in [-0.4, -0.2) is 10.1 Å². The van der Waals surface area contributed by atoms with E-state index in [1.165, 1.54) is 0 Å². The number of phenols is 1. The molecule has 1 N–H and O–H groups in total. The van der Waals surface area contributed by atoms with Crippen LogP contribution in [0.3, 0.4) is 0 Å². The number of aryl methyl sites for hydroxylation is 1. The van der Waals surface area contributed by atoms with Crippen molar-refractivity contribution in [3.63, 3.8) is 0 Å². The Morgan fingerprint density at radius 3 is 2.71 bits per heavy atom. The predicted molar refractivity (Wildman–Crippen MR) is 56.1 cm³/mol. The second-order valence-corrected chi connectivity index (χ2v) is 3.19. The van der Waals surface area contributed by atoms with Crippen molar-refractivity contribution in [3.8, 4) is 16.9 Å². The van der Waals surface area contributed by atoms with Gasteiger partial charge in [0.1, 0.15) is 5.75 Å². The lowest BCUT2D eigenvalue weighted by Gasteiger charge is -2.04. The molecule has 2 nitrogen and oxygen atoms in total. The van der Waals surface area contributed by atoms with Gasteiger partial charge in [-0.05, 0) is 30.7 Å². The average Bonchev–Trinajstić information content (AvgIpc) is 2.18. The maximum atomic E-state index is 9.34. The first-order valence-electron chi connectivity index (χ1n) is 4.48. The molecular weight excluding hydrogens is 174 g/mol. The van der Waals surface area contributed by atoms with Crippen molar-refractivity contribution in [1.82, 2.24) is 4.98 Å². The van der Waals surface area contributed by atoms with Gasteiger partial charge in [-0.3, -0.25) is 4.98 Å². The minimum atomic E-state index is 0.283. The Labute approximate surface area is 82.9 Å². The molecule has 0 spiro atoms. The Morgan fingerprint density at radius 2 is 2.00 bits per heavy atom. The molecule has 0 amide bonds. The largest absolute Gasteiger partial charge is 0.508 e. The number of hydrogen-bond donors (Lipinski definition) is 1. The molecule has 1 aromatic heterocycles. The van der Waals surface area contributed by atoms with Crippen LogP contribution in [0, 0.1) is 6.92 Å². The smallest absolute Gasteiger partial charge is 0.116 e. The summed E-state index contributed by atoms with van der Waals surface area (Å²) in [4.78, 5) is 4.20. The van der Waals surface area contributed by atoms with Gasteiger partial charge in [0.2, 0.25) is 0 Å². The van der Waals surface area contributed by atoms with E-state index in [2.05, 4.69) is 4.98 Å². The summed E-state index contributed by atoms with van der Waals surface area (Å²) in [6, 6.07) is 11.1. The van der Waals surface area contributed by atoms with E-state index in [0.717, 1.165) is 16.8 Å². The molecule has 0 atom stereocenters. The lowest BCUT2D eigenvalue weighted by molar-refractivity contribution is 0.475. The van der Waals surface area contributed by atoms with Crippen LogP contribution in [0.15, 0.2) is 42.6 Å². The standard InChI is InChI=1S/C12H11NO/c1-9-12(6-3-7-13-9)10-4-2-5-11(14)8-10/h2-8,14H,1H3. The topological polar surface area (TPSA) is 33.1 Å². The third-order valence-corrected chi connectivity index (χ3v) is 2.16. The maximum absolute atomic E-state index is 9.34. The van der Waals surface area contributed by atoms with Gasteiger partial charge in [0.15, 0.2) is 0 Å². The molecule has 1 aromatic carbocycles. The Kier molecular flexibility index (Phi) is 2.19. The highest BCUT2D eigenvalue weighted by Crippen LogP contribution is 2.24. The molecule has 0 saturated carbocycles. The second-order valence-electron chi connectivity index (χ2n) is 3.19. The molecule has 0 aliphatic rings. The molecule has 1 heterocycles. The minimum Gasteiger partial charge on any atom is -0.508 e. The van der Waals surface area contributed by atoms with Crippen molar-refractivity contribution in [1.29, 1.82) is 0 Å². The Balaban J connectivity index is 2.55. The van der Waals surface area contributed by atoms with Gasteiger partial charge in [-0.1, -0.05) is 18.2 Å². The molecule has 0 bridgehead atoms. The number of rotatable bonds is 1. The lowest BCUT2D eigenvalue weighted by atomic mass is 10.0. The number of aromatic nitrogens is 1. The molecule has 0 aliphatic heterocycles. The molecule has 0 radical (unpaired) electrons. The third kappa shape index (κ3) is 1.59. The van der Waals surface area contributed by atoms with Crippen LogP contribution < -0.4 is 0 Å². The van der Waals surface area contributed by atoms with Gasteiger partial charge >= 0.3 is 0 Å². The van der Waals surface area contributed by atoms with Crippen LogP contribution in [0.1, 0.15) is 5.69 Å². The number of pyridine rings is 1. The molecular formula is C12H11NO. The van der Waals surface area contributed by atoms with Crippen molar-refractivity contribution in [3.05, 3.63) is 48.3 Å². The molecule has 0 unspecified atom stereocenters. The summed E-state index contributed by atoms with van der Waals surface area (Å²) in [5.74, 6) is 0.283. The van der Waals surface area contributed by atoms with Gasteiger partial charge in [-0.15, -0.1) is 0 Å². The first-order valence-corrected chi connectivity index (χ1v) is 4.48. The van der Waals surface area contributed by atoms with Gasteiger partial charge in [0.25, 0.3) is 0 Å². The fourth-order valence-corrected chi connectivity index (χ4v) is 1.46. The van der Waals surface area contributed by atoms with Crippen LogP contribution in [0.5, 0.6) is 5.75 Å². The van der Waals surface area contributed by atoms with Crippen molar-refractivity contribution in [2.75, 3.05) is 0 Å². The number of aromatic hydroxyl groups is 1. The zero-order valence-corrected chi connectivity index (χ0v) is 7.94. The first-order chi connectivity index (χ1) is 6.77. The number of benzene rings is 1. The van der Waals surface area contributed by atoms with E-state index in [4.69, 9.17) is 0 Å². The third-order valence-electron chi connectivity index (χ3n) is 2.16. The van der Waals surface area contributed by atoms with E-state index in [1.54, 1.807) is 18.3 Å². The second kappa shape index (κ2) is 3.50. The van der Waals surface area contributed by atoms with Crippen LogP contribution in [0.4, 0.5) is 0 Å². The Bertz CT molecular complexity index is 452. The zero-order valence-electron chi connectivity index (χ0n) is 7.94. The summed E-state index contributed by atoms with van der Waals surface area (Å²) in [5, 5.41) is 9.34. The highest BCUT2D eigenvalue weighted by molar-refractivity contribution is 5.66. The van der Waals surface area contributed by atoms with Crippen LogP contribution in [-0.2, 0) is 0 Å². The number of hydrogen-bond acceptors (Lipinski definition) is 2. The number of nitrogens with zero attached hydrogens (tertiary/aromatic N) is 1. The van der Waals surface area contributed by atoms with E-state index >= 15 is 0 Å². The SMILES string of the molecule is Cc1ncccc1-c1cccc(O)c1. The zero-order chi connectivity index (χ0) is 9.97. The summed E-state index contributed by atoms with van der Waals surface area (Å²) in [6.45, 7) is 1.96. The molecule has 0 fully saturated rings. The monoisotopic (exact) mass is 185 g/mol. The van der Waals surface area contributed by atoms with Gasteiger partial charge in [-0.2, -0.15) is 0 Å². The Hall–Kier alpha value is -1.83. The minimum absolute atomic E-state index is 0.283. The van der Waals surface area contributed by atoms with Crippen molar-refractivity contribution in [2.45, 2.75) is 6.92 Å². The normalized spacial score (nSPS) is 10.1. The van der Waals surface area contributed by atoms with E-state index in [-0.39, 0.29) is 5.75 Å². The van der Waals surface area contributed by atoms with Crippen LogP contribution >= 0.6 is 0 Å². The van der Waals surface area contributed by atoms with Crippen molar-refractivity contribution in [2.24, 2.45) is 0 Å². The summed E-state index contributed by atoms with van der Waals surface area (Å²) >= 11 is 0. The molecule has 0 aliphatic carbocycles. The lowest BCUT2D eigenvalue weighted by Crippen LogP contribution is -1.85. The predicted octanol–water partition coefficient (Wildman–Crippen LogP) is 2.76. The molecule has 2 aromatic rings. The number of phenolic OH excluding ortho intramolecular Hbond substituents is 1.